The highest BCUT2D eigenvalue weighted by molar-refractivity contribution is 7.80. The Morgan fingerprint density at radius 1 is 1.75 bits per heavy atom. The van der Waals surface area contributed by atoms with Crippen molar-refractivity contribution in [1.82, 2.24) is 9.55 Å². The normalized spacial score (nSPS) is 10.1. The van der Waals surface area contributed by atoms with Gasteiger partial charge in [0.15, 0.2) is 5.82 Å². The van der Waals surface area contributed by atoms with Gasteiger partial charge in [-0.25, -0.2) is 4.98 Å². The fourth-order valence-electron chi connectivity index (χ4n) is 0.956. The van der Waals surface area contributed by atoms with Crippen molar-refractivity contribution >= 4 is 17.2 Å². The molecular formula is C7H11N3OS. The van der Waals surface area contributed by atoms with Gasteiger partial charge < -0.3 is 15.4 Å². The third kappa shape index (κ3) is 2.02. The molecule has 12 heavy (non-hydrogen) atoms. The molecule has 1 aromatic rings. The fraction of sp³-hybridized carbons (Fsp3) is 0.429. The second-order valence-corrected chi connectivity index (χ2v) is 2.83. The first-order valence-corrected chi connectivity index (χ1v) is 4.08. The van der Waals surface area contributed by atoms with Gasteiger partial charge in [0, 0.05) is 25.5 Å². The van der Waals surface area contributed by atoms with Crippen LogP contribution in [0.4, 0.5) is 0 Å². The standard InChI is InChI=1S/C7H11N3OS/c8-6(12)7-9-2-4-10(7)3-1-5-11/h2,4,11H,1,3,5H2,(H2,8,12). The lowest BCUT2D eigenvalue weighted by molar-refractivity contribution is 0.279. The zero-order chi connectivity index (χ0) is 8.97. The average molecular weight is 185 g/mol. The Kier molecular flexibility index (Phi) is 3.19. The van der Waals surface area contributed by atoms with Crippen molar-refractivity contribution in [3.63, 3.8) is 0 Å². The van der Waals surface area contributed by atoms with E-state index in [1.165, 1.54) is 0 Å². The Bertz CT molecular complexity index is 271. The SMILES string of the molecule is NC(=S)c1nccn1CCCO. The van der Waals surface area contributed by atoms with Crippen LogP contribution >= 0.6 is 12.2 Å². The van der Waals surface area contributed by atoms with Crippen molar-refractivity contribution in [2.45, 2.75) is 13.0 Å². The lowest BCUT2D eigenvalue weighted by Gasteiger charge is -2.03. The Labute approximate surface area is 76.0 Å². The van der Waals surface area contributed by atoms with Crippen LogP contribution in [-0.2, 0) is 6.54 Å². The Balaban J connectivity index is 2.70. The van der Waals surface area contributed by atoms with Gasteiger partial charge in [-0.1, -0.05) is 12.2 Å². The summed E-state index contributed by atoms with van der Waals surface area (Å²) in [5.41, 5.74) is 5.42. The van der Waals surface area contributed by atoms with Crippen molar-refractivity contribution in [2.24, 2.45) is 5.73 Å². The smallest absolute Gasteiger partial charge is 0.167 e. The summed E-state index contributed by atoms with van der Waals surface area (Å²) in [6.07, 6.45) is 4.13. The number of nitrogens with two attached hydrogens (primary N) is 1. The van der Waals surface area contributed by atoms with Gasteiger partial charge in [-0.2, -0.15) is 0 Å². The van der Waals surface area contributed by atoms with Crippen molar-refractivity contribution in [3.05, 3.63) is 18.2 Å². The van der Waals surface area contributed by atoms with Crippen LogP contribution in [0.25, 0.3) is 0 Å². The number of aliphatic hydroxyl groups is 1. The first-order chi connectivity index (χ1) is 5.75. The highest BCUT2D eigenvalue weighted by atomic mass is 32.1. The van der Waals surface area contributed by atoms with E-state index in [-0.39, 0.29) is 11.6 Å². The van der Waals surface area contributed by atoms with Crippen molar-refractivity contribution < 1.29 is 5.11 Å². The second kappa shape index (κ2) is 4.18. The van der Waals surface area contributed by atoms with Crippen molar-refractivity contribution in [3.8, 4) is 0 Å². The molecule has 0 aromatic carbocycles. The van der Waals surface area contributed by atoms with E-state index in [4.69, 9.17) is 23.1 Å². The molecule has 3 N–H and O–H groups in total. The third-order valence-electron chi connectivity index (χ3n) is 1.49. The Morgan fingerprint density at radius 2 is 2.50 bits per heavy atom. The van der Waals surface area contributed by atoms with E-state index in [0.29, 0.717) is 18.8 Å². The molecule has 0 bridgehead atoms. The number of hydrogen-bond donors (Lipinski definition) is 2. The summed E-state index contributed by atoms with van der Waals surface area (Å²) < 4.78 is 1.83. The van der Waals surface area contributed by atoms with Crippen LogP contribution < -0.4 is 5.73 Å². The molecule has 0 amide bonds. The fourth-order valence-corrected chi connectivity index (χ4v) is 1.13. The molecule has 0 saturated carbocycles. The number of thiocarbonyl (C=S) groups is 1. The lowest BCUT2D eigenvalue weighted by Crippen LogP contribution is -2.17. The van der Waals surface area contributed by atoms with Gasteiger partial charge in [-0.05, 0) is 6.42 Å². The number of hydrogen-bond acceptors (Lipinski definition) is 3. The van der Waals surface area contributed by atoms with Crippen LogP contribution in [0.3, 0.4) is 0 Å². The Hall–Kier alpha value is -0.940. The zero-order valence-corrected chi connectivity index (χ0v) is 7.42. The summed E-state index contributed by atoms with van der Waals surface area (Å²) in [6.45, 7) is 0.859. The van der Waals surface area contributed by atoms with Crippen LogP contribution in [-0.4, -0.2) is 26.3 Å². The minimum atomic E-state index is 0.162. The molecule has 1 rings (SSSR count). The van der Waals surface area contributed by atoms with E-state index in [1.54, 1.807) is 12.4 Å². The first kappa shape index (κ1) is 9.15. The first-order valence-electron chi connectivity index (χ1n) is 3.67. The van der Waals surface area contributed by atoms with Crippen molar-refractivity contribution in [1.29, 1.82) is 0 Å². The second-order valence-electron chi connectivity index (χ2n) is 2.39. The predicted molar refractivity (Wildman–Crippen MR) is 49.8 cm³/mol. The quantitative estimate of drug-likeness (QED) is 0.643. The zero-order valence-electron chi connectivity index (χ0n) is 6.60. The van der Waals surface area contributed by atoms with Crippen LogP contribution in [0, 0.1) is 0 Å². The molecule has 0 aliphatic heterocycles. The summed E-state index contributed by atoms with van der Waals surface area (Å²) >= 11 is 4.79. The molecule has 1 heterocycles. The minimum Gasteiger partial charge on any atom is -0.396 e. The predicted octanol–water partition coefficient (Wildman–Crippen LogP) is -0.100. The maximum atomic E-state index is 8.60. The topological polar surface area (TPSA) is 64.1 Å². The van der Waals surface area contributed by atoms with E-state index in [0.717, 1.165) is 0 Å². The van der Waals surface area contributed by atoms with Gasteiger partial charge in [0.2, 0.25) is 0 Å². The van der Waals surface area contributed by atoms with E-state index in [9.17, 15) is 0 Å². The molecule has 66 valence electrons. The van der Waals surface area contributed by atoms with E-state index < -0.39 is 0 Å². The monoisotopic (exact) mass is 185 g/mol. The molecule has 4 nitrogen and oxygen atoms in total. The van der Waals surface area contributed by atoms with Gasteiger partial charge in [0.1, 0.15) is 4.99 Å². The largest absolute Gasteiger partial charge is 0.396 e. The Morgan fingerprint density at radius 3 is 3.08 bits per heavy atom. The maximum absolute atomic E-state index is 8.60. The number of aryl methyl sites for hydroxylation is 1. The molecule has 1 aromatic heterocycles. The molecule has 0 radical (unpaired) electrons. The molecule has 0 atom stereocenters. The number of rotatable bonds is 4. The summed E-state index contributed by atoms with van der Waals surface area (Å²) in [5.74, 6) is 0.610. The minimum absolute atomic E-state index is 0.162. The van der Waals surface area contributed by atoms with E-state index in [2.05, 4.69) is 4.98 Å². The van der Waals surface area contributed by atoms with Crippen LogP contribution in [0.2, 0.25) is 0 Å². The van der Waals surface area contributed by atoms with Gasteiger partial charge in [0.25, 0.3) is 0 Å². The van der Waals surface area contributed by atoms with E-state index in [1.807, 2.05) is 4.57 Å². The summed E-state index contributed by atoms with van der Waals surface area (Å²) in [4.78, 5) is 4.27. The summed E-state index contributed by atoms with van der Waals surface area (Å²) in [5, 5.41) is 8.60. The molecule has 0 unspecified atom stereocenters. The number of aliphatic hydroxyl groups excluding tert-OH is 1. The molecule has 0 fully saturated rings. The van der Waals surface area contributed by atoms with Gasteiger partial charge in [0.05, 0.1) is 0 Å². The third-order valence-corrected chi connectivity index (χ3v) is 1.68. The summed E-state index contributed by atoms with van der Waals surface area (Å²) in [7, 11) is 0. The maximum Gasteiger partial charge on any atom is 0.167 e. The highest BCUT2D eigenvalue weighted by Crippen LogP contribution is 1.98. The molecule has 0 saturated heterocycles. The van der Waals surface area contributed by atoms with E-state index >= 15 is 0 Å². The van der Waals surface area contributed by atoms with Gasteiger partial charge in [-0.15, -0.1) is 0 Å². The van der Waals surface area contributed by atoms with Crippen LogP contribution in [0.1, 0.15) is 12.2 Å². The highest BCUT2D eigenvalue weighted by Gasteiger charge is 2.03. The number of aromatic nitrogens is 2. The molecule has 0 aliphatic rings. The molecular weight excluding hydrogens is 174 g/mol. The van der Waals surface area contributed by atoms with Crippen LogP contribution in [0.5, 0.6) is 0 Å². The van der Waals surface area contributed by atoms with Crippen LogP contribution in [0.15, 0.2) is 12.4 Å². The van der Waals surface area contributed by atoms with Crippen molar-refractivity contribution in [2.75, 3.05) is 6.61 Å². The average Bonchev–Trinajstić information content (AvgIpc) is 2.48. The van der Waals surface area contributed by atoms with Gasteiger partial charge >= 0.3 is 0 Å². The number of nitrogens with zero attached hydrogens (tertiary/aromatic N) is 2. The lowest BCUT2D eigenvalue weighted by atomic mass is 10.4. The molecule has 0 aliphatic carbocycles. The molecule has 0 spiro atoms. The number of imidazole rings is 1. The molecule has 5 heteroatoms. The van der Waals surface area contributed by atoms with Gasteiger partial charge in [-0.3, -0.25) is 0 Å². The summed E-state index contributed by atoms with van der Waals surface area (Å²) in [6, 6.07) is 0.